The lowest BCUT2D eigenvalue weighted by Crippen LogP contribution is -2.02. The quantitative estimate of drug-likeness (QED) is 0.655. The standard InChI is InChI=1S/C8H10NO/c9-6-5-7-3-1-2-4-8(7)10/h1-4H,5-6,9H2. The van der Waals surface area contributed by atoms with Crippen LogP contribution in [0.25, 0.3) is 0 Å². The molecule has 1 aromatic carbocycles. The monoisotopic (exact) mass is 136 g/mol. The van der Waals surface area contributed by atoms with Gasteiger partial charge >= 0.3 is 0 Å². The molecule has 0 heterocycles. The Hall–Kier alpha value is -1.02. The van der Waals surface area contributed by atoms with Gasteiger partial charge < -0.3 is 5.73 Å². The van der Waals surface area contributed by atoms with E-state index in [1.165, 1.54) is 0 Å². The molecular formula is C8H10NO. The van der Waals surface area contributed by atoms with Crippen molar-refractivity contribution in [3.63, 3.8) is 0 Å². The van der Waals surface area contributed by atoms with Crippen LogP contribution in [-0.2, 0) is 11.5 Å². The summed E-state index contributed by atoms with van der Waals surface area (Å²) in [5.74, 6) is 0.0907. The van der Waals surface area contributed by atoms with Gasteiger partial charge in [0.1, 0.15) is 0 Å². The van der Waals surface area contributed by atoms with Gasteiger partial charge in [-0.1, -0.05) is 18.2 Å². The first kappa shape index (κ1) is 7.09. The average molecular weight is 136 g/mol. The predicted molar refractivity (Wildman–Crippen MR) is 39.3 cm³/mol. The van der Waals surface area contributed by atoms with Gasteiger partial charge in [-0.2, -0.15) is 0 Å². The molecule has 0 fully saturated rings. The van der Waals surface area contributed by atoms with Gasteiger partial charge in [0.2, 0.25) is 0 Å². The minimum absolute atomic E-state index is 0.0907. The molecule has 2 N–H and O–H groups in total. The van der Waals surface area contributed by atoms with Gasteiger partial charge in [-0.15, -0.1) is 0 Å². The van der Waals surface area contributed by atoms with Crippen molar-refractivity contribution in [2.24, 2.45) is 5.73 Å². The highest BCUT2D eigenvalue weighted by Gasteiger charge is 1.97. The second-order valence-corrected chi connectivity index (χ2v) is 2.15. The second-order valence-electron chi connectivity index (χ2n) is 2.15. The summed E-state index contributed by atoms with van der Waals surface area (Å²) in [6.07, 6.45) is 0.680. The molecule has 2 heteroatoms. The highest BCUT2D eigenvalue weighted by molar-refractivity contribution is 5.31. The molecule has 0 saturated heterocycles. The molecule has 10 heavy (non-hydrogen) atoms. The summed E-state index contributed by atoms with van der Waals surface area (Å²) >= 11 is 0. The maximum absolute atomic E-state index is 11.0. The van der Waals surface area contributed by atoms with Crippen LogP contribution in [0.2, 0.25) is 0 Å². The van der Waals surface area contributed by atoms with Crippen LogP contribution < -0.4 is 5.73 Å². The van der Waals surface area contributed by atoms with Crippen LogP contribution in [0, 0.1) is 0 Å². The number of hydrogen-bond acceptors (Lipinski definition) is 1. The summed E-state index contributed by atoms with van der Waals surface area (Å²) in [7, 11) is 0. The van der Waals surface area contributed by atoms with E-state index in [-0.39, 0.29) is 5.75 Å². The van der Waals surface area contributed by atoms with Crippen molar-refractivity contribution < 1.29 is 5.11 Å². The number of benzene rings is 1. The van der Waals surface area contributed by atoms with Gasteiger partial charge in [0.15, 0.2) is 5.75 Å². The normalized spacial score (nSPS) is 9.70. The van der Waals surface area contributed by atoms with Crippen molar-refractivity contribution in [3.05, 3.63) is 29.8 Å². The van der Waals surface area contributed by atoms with E-state index in [4.69, 9.17) is 5.73 Å². The maximum atomic E-state index is 11.0. The first-order chi connectivity index (χ1) is 4.84. The highest BCUT2D eigenvalue weighted by atomic mass is 16.3. The molecule has 0 unspecified atom stereocenters. The third-order valence-corrected chi connectivity index (χ3v) is 1.39. The van der Waals surface area contributed by atoms with E-state index >= 15 is 0 Å². The van der Waals surface area contributed by atoms with Gasteiger partial charge in [-0.05, 0) is 19.0 Å². The highest BCUT2D eigenvalue weighted by Crippen LogP contribution is 2.15. The van der Waals surface area contributed by atoms with Crippen molar-refractivity contribution >= 4 is 0 Å². The molecule has 0 atom stereocenters. The summed E-state index contributed by atoms with van der Waals surface area (Å²) in [5.41, 5.74) is 6.10. The molecule has 0 aliphatic rings. The summed E-state index contributed by atoms with van der Waals surface area (Å²) in [4.78, 5) is 0. The second kappa shape index (κ2) is 3.22. The smallest absolute Gasteiger partial charge is 0.181 e. The minimum atomic E-state index is 0.0907. The molecule has 0 aliphatic heterocycles. The zero-order chi connectivity index (χ0) is 7.40. The van der Waals surface area contributed by atoms with Gasteiger partial charge in [0, 0.05) is 5.56 Å². The molecule has 2 nitrogen and oxygen atoms in total. The summed E-state index contributed by atoms with van der Waals surface area (Å²) in [5, 5.41) is 11.0. The lowest BCUT2D eigenvalue weighted by atomic mass is 10.1. The van der Waals surface area contributed by atoms with Crippen LogP contribution in [0.5, 0.6) is 5.75 Å². The Morgan fingerprint density at radius 2 is 2.00 bits per heavy atom. The summed E-state index contributed by atoms with van der Waals surface area (Å²) in [6.45, 7) is 0.541. The van der Waals surface area contributed by atoms with E-state index in [0.717, 1.165) is 5.56 Å². The molecule has 53 valence electrons. The van der Waals surface area contributed by atoms with Gasteiger partial charge in [0.05, 0.1) is 0 Å². The van der Waals surface area contributed by atoms with Gasteiger partial charge in [-0.3, -0.25) is 5.11 Å². The van der Waals surface area contributed by atoms with E-state index in [9.17, 15) is 5.11 Å². The Kier molecular flexibility index (Phi) is 2.29. The fourth-order valence-electron chi connectivity index (χ4n) is 0.866. The minimum Gasteiger partial charge on any atom is -0.330 e. The fraction of sp³-hybridized carbons (Fsp3) is 0.250. The van der Waals surface area contributed by atoms with E-state index in [2.05, 4.69) is 0 Å². The third kappa shape index (κ3) is 1.48. The number of para-hydroxylation sites is 1. The van der Waals surface area contributed by atoms with E-state index in [0.29, 0.717) is 13.0 Å². The van der Waals surface area contributed by atoms with Crippen LogP contribution >= 0.6 is 0 Å². The molecule has 1 radical (unpaired) electrons. The zero-order valence-corrected chi connectivity index (χ0v) is 5.71. The molecule has 0 aliphatic carbocycles. The van der Waals surface area contributed by atoms with Crippen LogP contribution in [0.3, 0.4) is 0 Å². The van der Waals surface area contributed by atoms with Crippen molar-refractivity contribution in [2.45, 2.75) is 6.42 Å². The van der Waals surface area contributed by atoms with Gasteiger partial charge in [0.25, 0.3) is 0 Å². The van der Waals surface area contributed by atoms with Crippen LogP contribution in [0.4, 0.5) is 0 Å². The van der Waals surface area contributed by atoms with Crippen LogP contribution in [0.15, 0.2) is 24.3 Å². The largest absolute Gasteiger partial charge is 0.330 e. The Morgan fingerprint density at radius 3 is 2.60 bits per heavy atom. The van der Waals surface area contributed by atoms with Crippen LogP contribution in [0.1, 0.15) is 5.56 Å². The summed E-state index contributed by atoms with van der Waals surface area (Å²) in [6, 6.07) is 6.97. The van der Waals surface area contributed by atoms with Crippen molar-refractivity contribution in [2.75, 3.05) is 6.54 Å². The Balaban J connectivity index is 2.81. The first-order valence-corrected chi connectivity index (χ1v) is 3.29. The maximum Gasteiger partial charge on any atom is 0.181 e. The van der Waals surface area contributed by atoms with E-state index in [1.807, 2.05) is 12.1 Å². The van der Waals surface area contributed by atoms with Crippen molar-refractivity contribution in [3.8, 4) is 5.75 Å². The SMILES string of the molecule is NCCc1ccccc1[O]. The summed E-state index contributed by atoms with van der Waals surface area (Å²) < 4.78 is 0. The molecular weight excluding hydrogens is 126 g/mol. The predicted octanol–water partition coefficient (Wildman–Crippen LogP) is 1.33. The van der Waals surface area contributed by atoms with Crippen molar-refractivity contribution in [1.29, 1.82) is 0 Å². The van der Waals surface area contributed by atoms with Crippen molar-refractivity contribution in [1.82, 2.24) is 0 Å². The lowest BCUT2D eigenvalue weighted by Gasteiger charge is -1.96. The molecule has 1 rings (SSSR count). The molecule has 0 saturated carbocycles. The number of rotatable bonds is 2. The molecule has 0 spiro atoms. The Bertz CT molecular complexity index is 210. The molecule has 0 amide bonds. The fourth-order valence-corrected chi connectivity index (χ4v) is 0.866. The van der Waals surface area contributed by atoms with E-state index < -0.39 is 0 Å². The number of nitrogens with two attached hydrogens (primary N) is 1. The lowest BCUT2D eigenvalue weighted by molar-refractivity contribution is 0.350. The van der Waals surface area contributed by atoms with E-state index in [1.54, 1.807) is 12.1 Å². The zero-order valence-electron chi connectivity index (χ0n) is 5.71. The topological polar surface area (TPSA) is 45.9 Å². The average Bonchev–Trinajstić information content (AvgIpc) is 1.94. The molecule has 0 aromatic heterocycles. The first-order valence-electron chi connectivity index (χ1n) is 3.29. The Labute approximate surface area is 60.3 Å². The molecule has 0 bridgehead atoms. The number of hydrogen-bond donors (Lipinski definition) is 1. The Morgan fingerprint density at radius 1 is 1.30 bits per heavy atom. The molecule has 1 aromatic rings. The van der Waals surface area contributed by atoms with Crippen LogP contribution in [-0.4, -0.2) is 6.54 Å². The van der Waals surface area contributed by atoms with Gasteiger partial charge in [-0.25, -0.2) is 0 Å². The third-order valence-electron chi connectivity index (χ3n) is 1.39.